The lowest BCUT2D eigenvalue weighted by molar-refractivity contribution is -0.305. The molecule has 1 saturated heterocycles. The third-order valence-corrected chi connectivity index (χ3v) is 9.75. The first-order valence-electron chi connectivity index (χ1n) is 23.0. The second kappa shape index (κ2) is 40.4. The van der Waals surface area contributed by atoms with Crippen LogP contribution in [0.2, 0.25) is 0 Å². The van der Waals surface area contributed by atoms with Crippen LogP contribution in [0, 0.1) is 0 Å². The molecule has 1 rings (SSSR count). The van der Waals surface area contributed by atoms with E-state index in [2.05, 4.69) is 86.8 Å². The van der Waals surface area contributed by atoms with Gasteiger partial charge < -0.3 is 39.4 Å². The first-order valence-corrected chi connectivity index (χ1v) is 23.0. The Bertz CT molecular complexity index is 1350. The summed E-state index contributed by atoms with van der Waals surface area (Å²) in [5.74, 6) is -0.878. The SMILES string of the molecule is CC/C=C/C=C/C=C/C=C/CCCCCC(=O)OC(COC(=O)CCCCCCCCC/C=C/C/C=C/C/C=C/C/C=C/C/C=C/CC)CO[C@H]1O[C@@H](CO)[C@@H](O)C(O)C1O. The van der Waals surface area contributed by atoms with Crippen LogP contribution in [0.1, 0.15) is 142 Å². The van der Waals surface area contributed by atoms with Crippen molar-refractivity contribution >= 4 is 11.9 Å². The number of carbonyl (C=O) groups is 2. The summed E-state index contributed by atoms with van der Waals surface area (Å²) in [6.45, 7) is 3.09. The molecule has 10 nitrogen and oxygen atoms in total. The molecule has 3 unspecified atom stereocenters. The summed E-state index contributed by atoms with van der Waals surface area (Å²) >= 11 is 0. The van der Waals surface area contributed by atoms with Crippen molar-refractivity contribution in [1.82, 2.24) is 0 Å². The van der Waals surface area contributed by atoms with Crippen LogP contribution in [0.15, 0.2) is 109 Å². The van der Waals surface area contributed by atoms with Gasteiger partial charge in [0.05, 0.1) is 13.2 Å². The molecule has 0 aromatic heterocycles. The molecule has 0 radical (unpaired) electrons. The molecule has 1 aliphatic rings. The fourth-order valence-corrected chi connectivity index (χ4v) is 6.16. The van der Waals surface area contributed by atoms with Crippen LogP contribution < -0.4 is 0 Å². The fraction of sp³-hybridized carbons (Fsp3) is 0.608. The molecule has 10 heteroatoms. The number of carbonyl (C=O) groups excluding carboxylic acids is 2. The van der Waals surface area contributed by atoms with Crippen molar-refractivity contribution in [2.45, 2.75) is 179 Å². The van der Waals surface area contributed by atoms with Gasteiger partial charge in [-0.15, -0.1) is 0 Å². The van der Waals surface area contributed by atoms with E-state index in [0.29, 0.717) is 12.8 Å². The Morgan fingerprint density at radius 1 is 0.525 bits per heavy atom. The first-order chi connectivity index (χ1) is 29.8. The summed E-state index contributed by atoms with van der Waals surface area (Å²) in [4.78, 5) is 25.3. The van der Waals surface area contributed by atoms with Crippen molar-refractivity contribution in [2.24, 2.45) is 0 Å². The smallest absolute Gasteiger partial charge is 0.306 e. The highest BCUT2D eigenvalue weighted by atomic mass is 16.7. The zero-order valence-corrected chi connectivity index (χ0v) is 37.4. The molecule has 0 aromatic rings. The third-order valence-electron chi connectivity index (χ3n) is 9.75. The Morgan fingerprint density at radius 3 is 1.59 bits per heavy atom. The number of unbranched alkanes of at least 4 members (excludes halogenated alkanes) is 10. The molecule has 0 bridgehead atoms. The van der Waals surface area contributed by atoms with E-state index in [1.165, 1.54) is 19.3 Å². The fourth-order valence-electron chi connectivity index (χ4n) is 6.16. The summed E-state index contributed by atoms with van der Waals surface area (Å²) in [6, 6.07) is 0. The molecule has 0 aliphatic carbocycles. The van der Waals surface area contributed by atoms with E-state index in [1.54, 1.807) is 0 Å². The molecule has 1 heterocycles. The molecular weight excluding hydrogens is 773 g/mol. The summed E-state index contributed by atoms with van der Waals surface area (Å²) in [5.41, 5.74) is 0. The van der Waals surface area contributed by atoms with Gasteiger partial charge in [-0.25, -0.2) is 0 Å². The number of allylic oxidation sites excluding steroid dienone is 18. The average Bonchev–Trinajstić information content (AvgIpc) is 3.26. The molecule has 1 fully saturated rings. The topological polar surface area (TPSA) is 152 Å². The summed E-state index contributed by atoms with van der Waals surface area (Å²) < 4.78 is 22.1. The Labute approximate surface area is 368 Å². The number of esters is 2. The van der Waals surface area contributed by atoms with E-state index < -0.39 is 55.4 Å². The van der Waals surface area contributed by atoms with Crippen LogP contribution in [0.5, 0.6) is 0 Å². The molecule has 6 atom stereocenters. The maximum Gasteiger partial charge on any atom is 0.306 e. The van der Waals surface area contributed by atoms with E-state index >= 15 is 0 Å². The van der Waals surface area contributed by atoms with E-state index in [-0.39, 0.29) is 26.1 Å². The van der Waals surface area contributed by atoms with Crippen LogP contribution in [0.25, 0.3) is 0 Å². The monoisotopic (exact) mass is 853 g/mol. The molecule has 61 heavy (non-hydrogen) atoms. The van der Waals surface area contributed by atoms with Crippen LogP contribution in [0.4, 0.5) is 0 Å². The first kappa shape index (κ1) is 55.4. The number of hydrogen-bond acceptors (Lipinski definition) is 10. The van der Waals surface area contributed by atoms with E-state index in [1.807, 2.05) is 36.5 Å². The van der Waals surface area contributed by atoms with Crippen LogP contribution >= 0.6 is 0 Å². The maximum atomic E-state index is 12.7. The molecule has 0 spiro atoms. The minimum absolute atomic E-state index is 0.174. The van der Waals surface area contributed by atoms with Crippen molar-refractivity contribution in [3.63, 3.8) is 0 Å². The maximum absolute atomic E-state index is 12.7. The quantitative estimate of drug-likeness (QED) is 0.0207. The highest BCUT2D eigenvalue weighted by Crippen LogP contribution is 2.22. The second-order valence-electron chi connectivity index (χ2n) is 15.2. The summed E-state index contributed by atoms with van der Waals surface area (Å²) in [6.07, 6.45) is 48.1. The van der Waals surface area contributed by atoms with E-state index in [0.717, 1.165) is 83.5 Å². The van der Waals surface area contributed by atoms with Crippen LogP contribution in [-0.4, -0.2) is 89.0 Å². The minimum Gasteiger partial charge on any atom is -0.462 e. The van der Waals surface area contributed by atoms with Crippen LogP contribution in [-0.2, 0) is 28.5 Å². The van der Waals surface area contributed by atoms with Gasteiger partial charge in [-0.2, -0.15) is 0 Å². The van der Waals surface area contributed by atoms with Gasteiger partial charge in [0.1, 0.15) is 31.0 Å². The van der Waals surface area contributed by atoms with Gasteiger partial charge in [0.25, 0.3) is 0 Å². The minimum atomic E-state index is -1.61. The van der Waals surface area contributed by atoms with Gasteiger partial charge in [-0.3, -0.25) is 9.59 Å². The zero-order chi connectivity index (χ0) is 44.4. The molecule has 0 amide bonds. The highest BCUT2D eigenvalue weighted by molar-refractivity contribution is 5.70. The Balaban J connectivity index is 2.32. The molecule has 1 aliphatic heterocycles. The van der Waals surface area contributed by atoms with Gasteiger partial charge in [0, 0.05) is 12.8 Å². The summed E-state index contributed by atoms with van der Waals surface area (Å²) in [5, 5.41) is 40.1. The van der Waals surface area contributed by atoms with Crippen LogP contribution in [0.3, 0.4) is 0 Å². The lowest BCUT2D eigenvalue weighted by Gasteiger charge is -2.39. The predicted octanol–water partition coefficient (Wildman–Crippen LogP) is 10.1. The lowest BCUT2D eigenvalue weighted by atomic mass is 9.99. The number of ether oxygens (including phenoxy) is 4. The second-order valence-corrected chi connectivity index (χ2v) is 15.2. The number of aliphatic hydroxyl groups is 4. The highest BCUT2D eigenvalue weighted by Gasteiger charge is 2.44. The molecule has 0 saturated carbocycles. The van der Waals surface area contributed by atoms with Gasteiger partial charge in [0.2, 0.25) is 0 Å². The van der Waals surface area contributed by atoms with Crippen molar-refractivity contribution in [3.8, 4) is 0 Å². The van der Waals surface area contributed by atoms with Gasteiger partial charge in [0.15, 0.2) is 12.4 Å². The molecule has 4 N–H and O–H groups in total. The standard InChI is InChI=1S/C51H80O10/c1-3-5-7-9-11-13-15-17-18-19-20-21-22-23-24-25-26-28-29-31-33-35-37-39-46(53)58-42-44(43-59-51-50(57)49(56)48(55)45(41-52)61-51)60-47(54)40-38-36-34-32-30-27-16-14-12-10-8-6-4-2/h5-8,10-14,16-18,20-21,23-24,27,30,44-45,48-52,55-57H,3-4,9,15,19,22,25-26,28-29,31-43H2,1-2H3/b7-5+,8-6+,12-10+,13-11+,16-14+,18-17+,21-20+,24-23+,30-27+/t44?,45-,48+,49?,50?,51-/m0/s1. The predicted molar refractivity (Wildman–Crippen MR) is 247 cm³/mol. The normalized spacial score (nSPS) is 20.8. The number of rotatable bonds is 36. The summed E-state index contributed by atoms with van der Waals surface area (Å²) in [7, 11) is 0. The molecule has 344 valence electrons. The van der Waals surface area contributed by atoms with Crippen molar-refractivity contribution < 1.29 is 49.0 Å². The Morgan fingerprint density at radius 2 is 1.00 bits per heavy atom. The Hall–Kier alpha value is -3.64. The third kappa shape index (κ3) is 31.8. The Kier molecular flexibility index (Phi) is 36.7. The van der Waals surface area contributed by atoms with Gasteiger partial charge >= 0.3 is 11.9 Å². The largest absolute Gasteiger partial charge is 0.462 e. The molecule has 0 aromatic carbocycles. The van der Waals surface area contributed by atoms with E-state index in [9.17, 15) is 30.0 Å². The molecular formula is C51H80O10. The van der Waals surface area contributed by atoms with Crippen molar-refractivity contribution in [1.29, 1.82) is 0 Å². The van der Waals surface area contributed by atoms with Crippen molar-refractivity contribution in [2.75, 3.05) is 19.8 Å². The number of hydrogen-bond donors (Lipinski definition) is 4. The lowest BCUT2D eigenvalue weighted by Crippen LogP contribution is -2.59. The van der Waals surface area contributed by atoms with Gasteiger partial charge in [-0.05, 0) is 77.0 Å². The van der Waals surface area contributed by atoms with E-state index in [4.69, 9.17) is 18.9 Å². The van der Waals surface area contributed by atoms with Crippen molar-refractivity contribution in [3.05, 3.63) is 109 Å². The van der Waals surface area contributed by atoms with Gasteiger partial charge in [-0.1, -0.05) is 162 Å². The average molecular weight is 853 g/mol. The number of aliphatic hydroxyl groups excluding tert-OH is 4. The zero-order valence-electron chi connectivity index (χ0n) is 37.4.